The lowest BCUT2D eigenvalue weighted by Crippen LogP contribution is -2.48. The van der Waals surface area contributed by atoms with E-state index in [1.54, 1.807) is 25.1 Å². The van der Waals surface area contributed by atoms with Crippen LogP contribution in [0, 0.1) is 25.6 Å². The van der Waals surface area contributed by atoms with Crippen LogP contribution in [0.5, 0.6) is 0 Å². The summed E-state index contributed by atoms with van der Waals surface area (Å²) < 4.78 is 14.2. The maximum atomic E-state index is 14.2. The van der Waals surface area contributed by atoms with E-state index < -0.39 is 6.04 Å². The second-order valence-corrected chi connectivity index (χ2v) is 8.02. The number of benzene rings is 2. The molecule has 1 atom stereocenters. The number of carbonyl (C=O) groups excluding carboxylic acids is 2. The summed E-state index contributed by atoms with van der Waals surface area (Å²) in [5.74, 6) is -0.518. The highest BCUT2D eigenvalue weighted by Crippen LogP contribution is 2.16. The van der Waals surface area contributed by atoms with Gasteiger partial charge in [0.25, 0.3) is 0 Å². The summed E-state index contributed by atoms with van der Waals surface area (Å²) in [7, 11) is 0. The van der Waals surface area contributed by atoms with Crippen LogP contribution < -0.4 is 5.32 Å². The number of aryl methyl sites for hydroxylation is 2. The fraction of sp³-hybridized carbons (Fsp3) is 0.417. The Bertz CT molecular complexity index is 864. The number of nitrogens with one attached hydrogen (secondary N) is 1. The zero-order chi connectivity index (χ0) is 21.6. The molecule has 0 bridgehead atoms. The molecule has 0 aliphatic carbocycles. The first-order valence-corrected chi connectivity index (χ1v) is 10.1. The summed E-state index contributed by atoms with van der Waals surface area (Å²) in [4.78, 5) is 27.2. The molecule has 4 nitrogen and oxygen atoms in total. The number of nitrogens with zero attached hydrogens (tertiary/aromatic N) is 1. The minimum absolute atomic E-state index is 0.0482. The van der Waals surface area contributed by atoms with Crippen molar-refractivity contribution in [1.82, 2.24) is 10.2 Å². The maximum absolute atomic E-state index is 14.2. The topological polar surface area (TPSA) is 49.4 Å². The summed E-state index contributed by atoms with van der Waals surface area (Å²) >= 11 is 0. The highest BCUT2D eigenvalue weighted by atomic mass is 19.1. The van der Waals surface area contributed by atoms with Crippen LogP contribution in [-0.4, -0.2) is 29.3 Å². The number of carbonyl (C=O) groups is 2. The van der Waals surface area contributed by atoms with Crippen LogP contribution in [-0.2, 0) is 22.6 Å². The largest absolute Gasteiger partial charge is 0.354 e. The Balaban J connectivity index is 2.24. The SMILES string of the molecule is Cc1ccc(CC(=O)N(Cc2ccccc2F)[C@H](C)C(=O)NCC(C)C)cc1C. The predicted octanol–water partition coefficient (Wildman–Crippen LogP) is 4.17. The summed E-state index contributed by atoms with van der Waals surface area (Å²) in [5.41, 5.74) is 3.54. The van der Waals surface area contributed by atoms with Crippen molar-refractivity contribution in [1.29, 1.82) is 0 Å². The third-order valence-electron chi connectivity index (χ3n) is 5.08. The molecule has 0 radical (unpaired) electrons. The van der Waals surface area contributed by atoms with Crippen molar-refractivity contribution in [2.45, 2.75) is 53.6 Å². The quantitative estimate of drug-likeness (QED) is 0.725. The lowest BCUT2D eigenvalue weighted by Gasteiger charge is -2.29. The molecule has 156 valence electrons. The van der Waals surface area contributed by atoms with Crippen molar-refractivity contribution < 1.29 is 14.0 Å². The van der Waals surface area contributed by atoms with E-state index in [1.807, 2.05) is 45.9 Å². The first-order valence-electron chi connectivity index (χ1n) is 10.1. The average molecular weight is 399 g/mol. The summed E-state index contributed by atoms with van der Waals surface area (Å²) in [6.45, 7) is 10.3. The van der Waals surface area contributed by atoms with Crippen molar-refractivity contribution in [2.24, 2.45) is 5.92 Å². The van der Waals surface area contributed by atoms with Crippen LogP contribution in [0.4, 0.5) is 4.39 Å². The maximum Gasteiger partial charge on any atom is 0.242 e. The Morgan fingerprint density at radius 3 is 2.34 bits per heavy atom. The number of amides is 2. The molecular formula is C24H31FN2O2. The van der Waals surface area contributed by atoms with E-state index in [-0.39, 0.29) is 30.6 Å². The Morgan fingerprint density at radius 2 is 1.72 bits per heavy atom. The molecule has 0 heterocycles. The van der Waals surface area contributed by atoms with Gasteiger partial charge in [0, 0.05) is 18.7 Å². The van der Waals surface area contributed by atoms with Gasteiger partial charge in [-0.1, -0.05) is 50.2 Å². The second-order valence-electron chi connectivity index (χ2n) is 8.02. The Hall–Kier alpha value is -2.69. The average Bonchev–Trinajstić information content (AvgIpc) is 2.67. The van der Waals surface area contributed by atoms with E-state index in [0.717, 1.165) is 16.7 Å². The summed E-state index contributed by atoms with van der Waals surface area (Å²) in [5, 5.41) is 2.87. The van der Waals surface area contributed by atoms with Gasteiger partial charge in [-0.3, -0.25) is 9.59 Å². The highest BCUT2D eigenvalue weighted by Gasteiger charge is 2.27. The van der Waals surface area contributed by atoms with Gasteiger partial charge in [0.05, 0.1) is 6.42 Å². The zero-order valence-electron chi connectivity index (χ0n) is 18.0. The van der Waals surface area contributed by atoms with Crippen LogP contribution in [0.25, 0.3) is 0 Å². The zero-order valence-corrected chi connectivity index (χ0v) is 18.0. The molecule has 1 N–H and O–H groups in total. The Morgan fingerprint density at radius 1 is 1.03 bits per heavy atom. The minimum atomic E-state index is -0.701. The number of halogens is 1. The third-order valence-corrected chi connectivity index (χ3v) is 5.08. The van der Waals surface area contributed by atoms with Gasteiger partial charge in [-0.15, -0.1) is 0 Å². The van der Waals surface area contributed by atoms with Gasteiger partial charge in [-0.2, -0.15) is 0 Å². The molecule has 0 aromatic heterocycles. The molecule has 0 aliphatic heterocycles. The number of hydrogen-bond acceptors (Lipinski definition) is 2. The lowest BCUT2D eigenvalue weighted by atomic mass is 10.0. The highest BCUT2D eigenvalue weighted by molar-refractivity contribution is 5.88. The van der Waals surface area contributed by atoms with Gasteiger partial charge < -0.3 is 10.2 Å². The molecule has 0 saturated carbocycles. The molecular weight excluding hydrogens is 367 g/mol. The molecule has 2 amide bonds. The lowest BCUT2D eigenvalue weighted by molar-refractivity contribution is -0.140. The van der Waals surface area contributed by atoms with Crippen LogP contribution in [0.1, 0.15) is 43.0 Å². The van der Waals surface area contributed by atoms with E-state index in [1.165, 1.54) is 11.0 Å². The Kier molecular flexibility index (Phi) is 7.94. The van der Waals surface area contributed by atoms with Crippen molar-refractivity contribution in [2.75, 3.05) is 6.54 Å². The number of rotatable bonds is 8. The van der Waals surface area contributed by atoms with Gasteiger partial charge in [0.1, 0.15) is 11.9 Å². The molecule has 0 spiro atoms. The minimum Gasteiger partial charge on any atom is -0.354 e. The molecule has 2 aromatic carbocycles. The smallest absolute Gasteiger partial charge is 0.242 e. The van der Waals surface area contributed by atoms with Gasteiger partial charge in [-0.25, -0.2) is 4.39 Å². The summed E-state index contributed by atoms with van der Waals surface area (Å²) in [6.07, 6.45) is 0.164. The van der Waals surface area contributed by atoms with Gasteiger partial charge in [0.15, 0.2) is 0 Å². The van der Waals surface area contributed by atoms with E-state index in [4.69, 9.17) is 0 Å². The van der Waals surface area contributed by atoms with Crippen LogP contribution in [0.2, 0.25) is 0 Å². The van der Waals surface area contributed by atoms with Crippen molar-refractivity contribution in [3.8, 4) is 0 Å². The van der Waals surface area contributed by atoms with Crippen molar-refractivity contribution >= 4 is 11.8 Å². The molecule has 0 saturated heterocycles. The Labute approximate surface area is 173 Å². The molecule has 29 heavy (non-hydrogen) atoms. The van der Waals surface area contributed by atoms with Crippen LogP contribution >= 0.6 is 0 Å². The van der Waals surface area contributed by atoms with E-state index >= 15 is 0 Å². The monoisotopic (exact) mass is 398 g/mol. The third kappa shape index (κ3) is 6.41. The molecule has 5 heteroatoms. The normalized spacial score (nSPS) is 12.0. The molecule has 0 unspecified atom stereocenters. The second kappa shape index (κ2) is 10.2. The van der Waals surface area contributed by atoms with Gasteiger partial charge >= 0.3 is 0 Å². The van der Waals surface area contributed by atoms with Crippen LogP contribution in [0.15, 0.2) is 42.5 Å². The first-order chi connectivity index (χ1) is 13.7. The molecule has 0 aliphatic rings. The molecule has 2 aromatic rings. The van der Waals surface area contributed by atoms with E-state index in [9.17, 15) is 14.0 Å². The van der Waals surface area contributed by atoms with Crippen molar-refractivity contribution in [3.05, 3.63) is 70.5 Å². The van der Waals surface area contributed by atoms with Crippen LogP contribution in [0.3, 0.4) is 0 Å². The fourth-order valence-electron chi connectivity index (χ4n) is 3.03. The molecule has 2 rings (SSSR count). The number of hydrogen-bond donors (Lipinski definition) is 1. The predicted molar refractivity (Wildman–Crippen MR) is 114 cm³/mol. The summed E-state index contributed by atoms with van der Waals surface area (Å²) in [6, 6.07) is 11.5. The van der Waals surface area contributed by atoms with Gasteiger partial charge in [0.2, 0.25) is 11.8 Å². The first kappa shape index (κ1) is 22.6. The standard InChI is InChI=1S/C24H31FN2O2/c1-16(2)14-26-24(29)19(5)27(15-21-8-6-7-9-22(21)25)23(28)13-20-11-10-17(3)18(4)12-20/h6-12,16,19H,13-15H2,1-5H3,(H,26,29)/t19-/m1/s1. The van der Waals surface area contributed by atoms with Crippen molar-refractivity contribution in [3.63, 3.8) is 0 Å². The fourth-order valence-corrected chi connectivity index (χ4v) is 3.03. The molecule has 0 fully saturated rings. The van der Waals surface area contributed by atoms with E-state index in [2.05, 4.69) is 5.32 Å². The van der Waals surface area contributed by atoms with Gasteiger partial charge in [-0.05, 0) is 49.4 Å². The van der Waals surface area contributed by atoms with E-state index in [0.29, 0.717) is 18.0 Å².